The highest BCUT2D eigenvalue weighted by molar-refractivity contribution is 5.70. The summed E-state index contributed by atoms with van der Waals surface area (Å²) in [5, 5.41) is 8.63. The first kappa shape index (κ1) is 8.53. The van der Waals surface area contributed by atoms with Crippen molar-refractivity contribution in [2.24, 2.45) is 5.92 Å². The third-order valence-corrected chi connectivity index (χ3v) is 2.12. The van der Waals surface area contributed by atoms with Gasteiger partial charge in [-0.05, 0) is 26.7 Å². The monoisotopic (exact) mass is 158 g/mol. The summed E-state index contributed by atoms with van der Waals surface area (Å²) >= 11 is 0. The molecule has 1 fully saturated rings. The van der Waals surface area contributed by atoms with Gasteiger partial charge in [0.2, 0.25) is 0 Å². The van der Waals surface area contributed by atoms with Crippen molar-refractivity contribution >= 4 is 5.97 Å². The number of hydrogen-bond acceptors (Lipinski definition) is 2. The van der Waals surface area contributed by atoms with E-state index in [2.05, 4.69) is 0 Å². The molecular formula is C8H14O3. The molecular weight excluding hydrogens is 144 g/mol. The molecule has 1 aliphatic heterocycles. The van der Waals surface area contributed by atoms with Crippen molar-refractivity contribution in [1.29, 1.82) is 0 Å². The lowest BCUT2D eigenvalue weighted by Crippen LogP contribution is -2.36. The fraction of sp³-hybridized carbons (Fsp3) is 0.875. The van der Waals surface area contributed by atoms with E-state index in [-0.39, 0.29) is 11.5 Å². The second-order valence-corrected chi connectivity index (χ2v) is 3.64. The zero-order valence-electron chi connectivity index (χ0n) is 6.96. The van der Waals surface area contributed by atoms with Crippen LogP contribution >= 0.6 is 0 Å². The van der Waals surface area contributed by atoms with E-state index in [0.29, 0.717) is 6.61 Å². The Balaban J connectivity index is 2.42. The van der Waals surface area contributed by atoms with E-state index in [4.69, 9.17) is 9.84 Å². The molecule has 0 radical (unpaired) electrons. The van der Waals surface area contributed by atoms with Crippen LogP contribution in [0.4, 0.5) is 0 Å². The molecule has 0 saturated carbocycles. The molecule has 3 nitrogen and oxygen atoms in total. The van der Waals surface area contributed by atoms with Crippen molar-refractivity contribution in [2.45, 2.75) is 32.3 Å². The maximum atomic E-state index is 10.5. The Kier molecular flexibility index (Phi) is 2.18. The molecule has 1 N–H and O–H groups in total. The topological polar surface area (TPSA) is 46.5 Å². The van der Waals surface area contributed by atoms with Gasteiger partial charge in [-0.25, -0.2) is 0 Å². The highest BCUT2D eigenvalue weighted by atomic mass is 16.5. The summed E-state index contributed by atoms with van der Waals surface area (Å²) in [5.74, 6) is -1.02. The predicted octanol–water partition coefficient (Wildman–Crippen LogP) is 1.28. The first-order chi connectivity index (χ1) is 5.01. The number of hydrogen-bond donors (Lipinski definition) is 1. The Morgan fingerprint density at radius 3 is 2.64 bits per heavy atom. The van der Waals surface area contributed by atoms with E-state index >= 15 is 0 Å². The van der Waals surface area contributed by atoms with Gasteiger partial charge in [0.1, 0.15) is 0 Å². The second kappa shape index (κ2) is 2.81. The van der Waals surface area contributed by atoms with E-state index in [9.17, 15) is 4.79 Å². The molecule has 0 bridgehead atoms. The zero-order chi connectivity index (χ0) is 8.48. The first-order valence-corrected chi connectivity index (χ1v) is 3.88. The van der Waals surface area contributed by atoms with Gasteiger partial charge in [0.15, 0.2) is 0 Å². The van der Waals surface area contributed by atoms with E-state index < -0.39 is 5.97 Å². The highest BCUT2D eigenvalue weighted by Crippen LogP contribution is 2.26. The molecule has 0 aromatic heterocycles. The molecule has 1 rings (SSSR count). The molecule has 0 spiro atoms. The zero-order valence-corrected chi connectivity index (χ0v) is 6.96. The molecule has 3 heteroatoms. The third-order valence-electron chi connectivity index (χ3n) is 2.12. The van der Waals surface area contributed by atoms with Gasteiger partial charge in [-0.2, -0.15) is 0 Å². The lowest BCUT2D eigenvalue weighted by atomic mass is 9.92. The predicted molar refractivity (Wildman–Crippen MR) is 40.4 cm³/mol. The summed E-state index contributed by atoms with van der Waals surface area (Å²) in [4.78, 5) is 10.5. The van der Waals surface area contributed by atoms with Gasteiger partial charge < -0.3 is 9.84 Å². The van der Waals surface area contributed by atoms with E-state index in [1.165, 1.54) is 0 Å². The van der Waals surface area contributed by atoms with Crippen LogP contribution in [0.1, 0.15) is 26.7 Å². The standard InChI is InChI=1S/C8H14O3/c1-8(2)4-3-6(5-11-8)7(9)10/h6H,3-5H2,1-2H3,(H,9,10)/t6-/m0/s1. The number of carboxylic acid groups (broad SMARTS) is 1. The van der Waals surface area contributed by atoms with Gasteiger partial charge in [-0.3, -0.25) is 4.79 Å². The first-order valence-electron chi connectivity index (χ1n) is 3.88. The van der Waals surface area contributed by atoms with Crippen LogP contribution in [0.5, 0.6) is 0 Å². The van der Waals surface area contributed by atoms with Gasteiger partial charge in [-0.1, -0.05) is 0 Å². The molecule has 0 aromatic carbocycles. The Morgan fingerprint density at radius 1 is 1.64 bits per heavy atom. The molecule has 64 valence electrons. The SMILES string of the molecule is CC1(C)CC[C@H](C(=O)O)CO1. The maximum absolute atomic E-state index is 10.5. The van der Waals surface area contributed by atoms with Crippen LogP contribution in [0.2, 0.25) is 0 Å². The summed E-state index contributed by atoms with van der Waals surface area (Å²) < 4.78 is 5.36. The van der Waals surface area contributed by atoms with Gasteiger partial charge >= 0.3 is 5.97 Å². The summed E-state index contributed by atoms with van der Waals surface area (Å²) in [6.07, 6.45) is 1.58. The molecule has 1 aliphatic rings. The van der Waals surface area contributed by atoms with Crippen molar-refractivity contribution in [3.05, 3.63) is 0 Å². The van der Waals surface area contributed by atoms with Crippen LogP contribution in [-0.4, -0.2) is 23.3 Å². The van der Waals surface area contributed by atoms with Crippen molar-refractivity contribution < 1.29 is 14.6 Å². The fourth-order valence-corrected chi connectivity index (χ4v) is 1.20. The normalized spacial score (nSPS) is 29.8. The Bertz CT molecular complexity index is 153. The lowest BCUT2D eigenvalue weighted by Gasteiger charge is -2.32. The van der Waals surface area contributed by atoms with Crippen molar-refractivity contribution in [3.8, 4) is 0 Å². The highest BCUT2D eigenvalue weighted by Gasteiger charge is 2.30. The average Bonchev–Trinajstić information content (AvgIpc) is 1.86. The van der Waals surface area contributed by atoms with Crippen LogP contribution in [0, 0.1) is 5.92 Å². The minimum Gasteiger partial charge on any atom is -0.481 e. The lowest BCUT2D eigenvalue weighted by molar-refractivity contribution is -0.152. The summed E-state index contributed by atoms with van der Waals surface area (Å²) in [6.45, 7) is 4.35. The summed E-state index contributed by atoms with van der Waals surface area (Å²) in [6, 6.07) is 0. The second-order valence-electron chi connectivity index (χ2n) is 3.64. The number of carbonyl (C=O) groups is 1. The van der Waals surface area contributed by atoms with Crippen LogP contribution in [0.3, 0.4) is 0 Å². The van der Waals surface area contributed by atoms with Crippen LogP contribution in [0.15, 0.2) is 0 Å². The third kappa shape index (κ3) is 2.19. The Labute approximate surface area is 66.4 Å². The van der Waals surface area contributed by atoms with E-state index in [1.807, 2.05) is 13.8 Å². The van der Waals surface area contributed by atoms with Crippen LogP contribution < -0.4 is 0 Å². The quantitative estimate of drug-likeness (QED) is 0.625. The fourth-order valence-electron chi connectivity index (χ4n) is 1.20. The van der Waals surface area contributed by atoms with Crippen molar-refractivity contribution in [2.75, 3.05) is 6.61 Å². The molecule has 1 atom stereocenters. The van der Waals surface area contributed by atoms with Gasteiger partial charge in [-0.15, -0.1) is 0 Å². The molecule has 0 unspecified atom stereocenters. The molecule has 11 heavy (non-hydrogen) atoms. The van der Waals surface area contributed by atoms with Crippen molar-refractivity contribution in [3.63, 3.8) is 0 Å². The molecule has 0 aliphatic carbocycles. The number of carboxylic acids is 1. The van der Waals surface area contributed by atoms with E-state index in [0.717, 1.165) is 12.8 Å². The van der Waals surface area contributed by atoms with Gasteiger partial charge in [0.25, 0.3) is 0 Å². The summed E-state index contributed by atoms with van der Waals surface area (Å²) in [7, 11) is 0. The summed E-state index contributed by atoms with van der Waals surface area (Å²) in [5.41, 5.74) is -0.119. The van der Waals surface area contributed by atoms with Crippen LogP contribution in [0.25, 0.3) is 0 Å². The largest absolute Gasteiger partial charge is 0.481 e. The minimum atomic E-state index is -0.736. The average molecular weight is 158 g/mol. The minimum absolute atomic E-state index is 0.119. The number of rotatable bonds is 1. The smallest absolute Gasteiger partial charge is 0.308 e. The number of aliphatic carboxylic acids is 1. The molecule has 0 aromatic rings. The van der Waals surface area contributed by atoms with Crippen LogP contribution in [-0.2, 0) is 9.53 Å². The molecule has 0 amide bonds. The maximum Gasteiger partial charge on any atom is 0.308 e. The van der Waals surface area contributed by atoms with Crippen molar-refractivity contribution in [1.82, 2.24) is 0 Å². The van der Waals surface area contributed by atoms with Gasteiger partial charge in [0.05, 0.1) is 18.1 Å². The Morgan fingerprint density at radius 2 is 2.27 bits per heavy atom. The molecule has 1 heterocycles. The van der Waals surface area contributed by atoms with Gasteiger partial charge in [0, 0.05) is 0 Å². The van der Waals surface area contributed by atoms with E-state index in [1.54, 1.807) is 0 Å². The number of ether oxygens (including phenoxy) is 1. The Hall–Kier alpha value is -0.570. The molecule has 1 saturated heterocycles.